The number of nitrogens with two attached hydrogens (primary N) is 1. The highest BCUT2D eigenvalue weighted by Crippen LogP contribution is 2.30. The van der Waals surface area contributed by atoms with Crippen LogP contribution in [-0.4, -0.2) is 29.6 Å². The molecule has 3 heterocycles. The van der Waals surface area contributed by atoms with Gasteiger partial charge in [-0.05, 0) is 43.2 Å². The first-order valence-corrected chi connectivity index (χ1v) is 7.39. The minimum atomic E-state index is 0.797. The van der Waals surface area contributed by atoms with E-state index >= 15 is 0 Å². The summed E-state index contributed by atoms with van der Waals surface area (Å²) in [6.45, 7) is 2.99. The lowest BCUT2D eigenvalue weighted by Crippen LogP contribution is -2.34. The van der Waals surface area contributed by atoms with Gasteiger partial charge in [0.05, 0.1) is 5.39 Å². The molecular weight excluding hydrogens is 244 g/mol. The second-order valence-electron chi connectivity index (χ2n) is 4.84. The van der Waals surface area contributed by atoms with E-state index in [0.717, 1.165) is 42.6 Å². The molecule has 18 heavy (non-hydrogen) atoms. The number of hydrogen-bond acceptors (Lipinski definition) is 5. The summed E-state index contributed by atoms with van der Waals surface area (Å²) < 4.78 is 0. The predicted molar refractivity (Wildman–Crippen MR) is 76.0 cm³/mol. The molecule has 0 radical (unpaired) electrons. The number of rotatable bonds is 3. The van der Waals surface area contributed by atoms with Gasteiger partial charge in [0.1, 0.15) is 17.0 Å². The van der Waals surface area contributed by atoms with Gasteiger partial charge in [0, 0.05) is 13.1 Å². The summed E-state index contributed by atoms with van der Waals surface area (Å²) >= 11 is 1.68. The van der Waals surface area contributed by atoms with Crippen LogP contribution in [0.25, 0.3) is 10.2 Å². The molecule has 2 aromatic rings. The van der Waals surface area contributed by atoms with E-state index in [9.17, 15) is 0 Å². The van der Waals surface area contributed by atoms with Crippen LogP contribution in [-0.2, 0) is 0 Å². The highest BCUT2D eigenvalue weighted by molar-refractivity contribution is 7.16. The molecule has 0 saturated carbocycles. The van der Waals surface area contributed by atoms with Gasteiger partial charge in [0.25, 0.3) is 0 Å². The lowest BCUT2D eigenvalue weighted by molar-refractivity contribution is 0.385. The van der Waals surface area contributed by atoms with Crippen LogP contribution >= 0.6 is 11.3 Å². The standard InChI is InChI=1S/C13H18N4S/c14-5-1-10-2-6-17(7-3-10)12-11-4-8-18-13(11)16-9-15-12/h4,8-10H,1-3,5-7,14H2. The molecule has 5 heteroatoms. The number of anilines is 1. The maximum Gasteiger partial charge on any atom is 0.140 e. The molecule has 0 aromatic carbocycles. The van der Waals surface area contributed by atoms with Crippen LogP contribution in [0, 0.1) is 5.92 Å². The van der Waals surface area contributed by atoms with Crippen LogP contribution in [0.2, 0.25) is 0 Å². The lowest BCUT2D eigenvalue weighted by Gasteiger charge is -2.32. The summed E-state index contributed by atoms with van der Waals surface area (Å²) in [5.41, 5.74) is 5.63. The Labute approximate surface area is 111 Å². The molecule has 1 aliphatic heterocycles. The summed E-state index contributed by atoms with van der Waals surface area (Å²) in [5.74, 6) is 1.90. The predicted octanol–water partition coefficient (Wildman–Crippen LogP) is 2.26. The van der Waals surface area contributed by atoms with Crippen molar-refractivity contribution in [1.29, 1.82) is 0 Å². The summed E-state index contributed by atoms with van der Waals surface area (Å²) in [6, 6.07) is 2.13. The molecule has 0 unspecified atom stereocenters. The van der Waals surface area contributed by atoms with Gasteiger partial charge in [0.15, 0.2) is 0 Å². The third kappa shape index (κ3) is 2.20. The van der Waals surface area contributed by atoms with Crippen LogP contribution in [0.3, 0.4) is 0 Å². The van der Waals surface area contributed by atoms with E-state index in [1.807, 2.05) is 0 Å². The van der Waals surface area contributed by atoms with Crippen molar-refractivity contribution in [2.75, 3.05) is 24.5 Å². The molecule has 0 aliphatic carbocycles. The van der Waals surface area contributed by atoms with Gasteiger partial charge in [-0.2, -0.15) is 0 Å². The Morgan fingerprint density at radius 3 is 2.94 bits per heavy atom. The zero-order valence-electron chi connectivity index (χ0n) is 10.4. The molecule has 0 atom stereocenters. The second-order valence-corrected chi connectivity index (χ2v) is 5.74. The van der Waals surface area contributed by atoms with Crippen molar-refractivity contribution in [2.24, 2.45) is 11.7 Å². The van der Waals surface area contributed by atoms with E-state index in [0.29, 0.717) is 0 Å². The molecule has 4 nitrogen and oxygen atoms in total. The lowest BCUT2D eigenvalue weighted by atomic mass is 9.93. The normalized spacial score (nSPS) is 17.5. The third-order valence-electron chi connectivity index (χ3n) is 3.73. The van der Waals surface area contributed by atoms with Crippen molar-refractivity contribution in [3.63, 3.8) is 0 Å². The van der Waals surface area contributed by atoms with Crippen LogP contribution < -0.4 is 10.6 Å². The molecular formula is C13H18N4S. The van der Waals surface area contributed by atoms with Crippen LogP contribution in [0.1, 0.15) is 19.3 Å². The highest BCUT2D eigenvalue weighted by atomic mass is 32.1. The number of fused-ring (bicyclic) bond motifs is 1. The molecule has 2 N–H and O–H groups in total. The average Bonchev–Trinajstić information content (AvgIpc) is 2.88. The van der Waals surface area contributed by atoms with Crippen molar-refractivity contribution >= 4 is 27.4 Å². The first-order chi connectivity index (χ1) is 8.88. The van der Waals surface area contributed by atoms with Gasteiger partial charge in [-0.15, -0.1) is 11.3 Å². The van der Waals surface area contributed by atoms with Crippen molar-refractivity contribution in [3.8, 4) is 0 Å². The smallest absolute Gasteiger partial charge is 0.140 e. The summed E-state index contributed by atoms with van der Waals surface area (Å²) in [5, 5.41) is 3.28. The average molecular weight is 262 g/mol. The van der Waals surface area contributed by atoms with Crippen molar-refractivity contribution in [3.05, 3.63) is 17.8 Å². The minimum absolute atomic E-state index is 0.797. The number of thiophene rings is 1. The maximum absolute atomic E-state index is 5.63. The van der Waals surface area contributed by atoms with Crippen LogP contribution in [0.15, 0.2) is 17.8 Å². The summed E-state index contributed by atoms with van der Waals surface area (Å²) in [7, 11) is 0. The first kappa shape index (κ1) is 11.9. The van der Waals surface area contributed by atoms with Crippen LogP contribution in [0.4, 0.5) is 5.82 Å². The largest absolute Gasteiger partial charge is 0.356 e. The zero-order valence-corrected chi connectivity index (χ0v) is 11.2. The molecule has 1 saturated heterocycles. The fourth-order valence-corrected chi connectivity index (χ4v) is 3.43. The summed E-state index contributed by atoms with van der Waals surface area (Å²) in [6.07, 6.45) is 5.30. The molecule has 1 aliphatic rings. The van der Waals surface area contributed by atoms with Crippen molar-refractivity contribution in [2.45, 2.75) is 19.3 Å². The number of aromatic nitrogens is 2. The van der Waals surface area contributed by atoms with E-state index in [4.69, 9.17) is 5.73 Å². The van der Waals surface area contributed by atoms with Gasteiger partial charge < -0.3 is 10.6 Å². The van der Waals surface area contributed by atoms with Gasteiger partial charge in [-0.25, -0.2) is 9.97 Å². The molecule has 0 bridgehead atoms. The Morgan fingerprint density at radius 2 is 2.17 bits per heavy atom. The van der Waals surface area contributed by atoms with Crippen molar-refractivity contribution < 1.29 is 0 Å². The van der Waals surface area contributed by atoms with Gasteiger partial charge in [0.2, 0.25) is 0 Å². The number of nitrogens with zero attached hydrogens (tertiary/aromatic N) is 3. The van der Waals surface area contributed by atoms with E-state index in [-0.39, 0.29) is 0 Å². The van der Waals surface area contributed by atoms with E-state index in [1.165, 1.54) is 18.2 Å². The van der Waals surface area contributed by atoms with Crippen LogP contribution in [0.5, 0.6) is 0 Å². The monoisotopic (exact) mass is 262 g/mol. The fourth-order valence-electron chi connectivity index (χ4n) is 2.70. The molecule has 0 spiro atoms. The summed E-state index contributed by atoms with van der Waals surface area (Å²) in [4.78, 5) is 12.3. The molecule has 96 valence electrons. The fraction of sp³-hybridized carbons (Fsp3) is 0.538. The van der Waals surface area contributed by atoms with E-state index in [1.54, 1.807) is 17.7 Å². The SMILES string of the molecule is NCCC1CCN(c2ncnc3sccc23)CC1. The van der Waals surface area contributed by atoms with E-state index < -0.39 is 0 Å². The van der Waals surface area contributed by atoms with Gasteiger partial charge in [-0.1, -0.05) is 0 Å². The molecule has 3 rings (SSSR count). The Bertz CT molecular complexity index is 516. The Kier molecular flexibility index (Phi) is 3.43. The zero-order chi connectivity index (χ0) is 12.4. The Morgan fingerprint density at radius 1 is 1.33 bits per heavy atom. The third-order valence-corrected chi connectivity index (χ3v) is 4.55. The minimum Gasteiger partial charge on any atom is -0.356 e. The molecule has 0 amide bonds. The van der Waals surface area contributed by atoms with E-state index in [2.05, 4.69) is 26.3 Å². The number of piperidine rings is 1. The second kappa shape index (κ2) is 5.20. The Balaban J connectivity index is 1.78. The molecule has 1 fully saturated rings. The Hall–Kier alpha value is -1.20. The highest BCUT2D eigenvalue weighted by Gasteiger charge is 2.21. The number of hydrogen-bond donors (Lipinski definition) is 1. The van der Waals surface area contributed by atoms with Gasteiger partial charge >= 0.3 is 0 Å². The quantitative estimate of drug-likeness (QED) is 0.922. The first-order valence-electron chi connectivity index (χ1n) is 6.51. The molecule has 2 aromatic heterocycles. The van der Waals surface area contributed by atoms with Crippen molar-refractivity contribution in [1.82, 2.24) is 9.97 Å². The van der Waals surface area contributed by atoms with Gasteiger partial charge in [-0.3, -0.25) is 0 Å². The maximum atomic E-state index is 5.63. The topological polar surface area (TPSA) is 55.0 Å².